The van der Waals surface area contributed by atoms with Gasteiger partial charge in [-0.1, -0.05) is 32.9 Å². The van der Waals surface area contributed by atoms with Crippen LogP contribution >= 0.6 is 0 Å². The molecule has 0 aromatic carbocycles. The number of carbonyl (C=O) groups is 2. The number of hydrogen-bond donors (Lipinski definition) is 1. The van der Waals surface area contributed by atoms with E-state index in [0.717, 1.165) is 44.9 Å². The highest BCUT2D eigenvalue weighted by Gasteiger charge is 2.61. The molecule has 0 aromatic rings. The molecule has 4 rings (SSSR count). The van der Waals surface area contributed by atoms with Crippen LogP contribution in [0.3, 0.4) is 0 Å². The van der Waals surface area contributed by atoms with Crippen molar-refractivity contribution in [3.63, 3.8) is 0 Å². The van der Waals surface area contributed by atoms with Crippen molar-refractivity contribution in [1.82, 2.24) is 0 Å². The monoisotopic (exact) mass is 387 g/mol. The fraction of sp³-hybridized carbons (Fsp3) is 0.833. The number of ether oxygens (including phenoxy) is 1. The Morgan fingerprint density at radius 2 is 2.00 bits per heavy atom. The zero-order valence-electron chi connectivity index (χ0n) is 17.8. The number of carbonyl (C=O) groups excluding carboxylic acids is 2. The van der Waals surface area contributed by atoms with Gasteiger partial charge in [0.15, 0.2) is 0 Å². The number of fused-ring (bicyclic) bond motifs is 5. The normalized spacial score (nSPS) is 46.4. The van der Waals surface area contributed by atoms with Gasteiger partial charge in [0.25, 0.3) is 0 Å². The summed E-state index contributed by atoms with van der Waals surface area (Å²) in [6.07, 6.45) is 8.04. The number of esters is 1. The van der Waals surface area contributed by atoms with Gasteiger partial charge in [-0.3, -0.25) is 9.59 Å². The topological polar surface area (TPSA) is 69.4 Å². The third kappa shape index (κ3) is 2.89. The van der Waals surface area contributed by atoms with E-state index in [9.17, 15) is 9.59 Å². The van der Waals surface area contributed by atoms with Crippen molar-refractivity contribution in [2.24, 2.45) is 46.2 Å². The van der Waals surface area contributed by atoms with Gasteiger partial charge in [-0.2, -0.15) is 0 Å². The zero-order valence-corrected chi connectivity index (χ0v) is 17.8. The first-order valence-electron chi connectivity index (χ1n) is 11.3. The Morgan fingerprint density at radius 3 is 2.71 bits per heavy atom. The molecule has 0 bridgehead atoms. The van der Waals surface area contributed by atoms with Gasteiger partial charge in [0, 0.05) is 18.4 Å². The first-order chi connectivity index (χ1) is 13.2. The van der Waals surface area contributed by atoms with Crippen LogP contribution in [0.25, 0.3) is 0 Å². The lowest BCUT2D eigenvalue weighted by Gasteiger charge is -2.60. The molecule has 4 heteroatoms. The van der Waals surface area contributed by atoms with Gasteiger partial charge in [0.05, 0.1) is 5.92 Å². The molecule has 8 atom stereocenters. The van der Waals surface area contributed by atoms with E-state index in [1.807, 2.05) is 6.92 Å². The van der Waals surface area contributed by atoms with Gasteiger partial charge in [-0.25, -0.2) is 0 Å². The van der Waals surface area contributed by atoms with Crippen molar-refractivity contribution in [2.45, 2.75) is 78.2 Å². The van der Waals surface area contributed by atoms with Crippen molar-refractivity contribution in [3.8, 4) is 0 Å². The molecule has 4 nitrogen and oxygen atoms in total. The molecule has 0 amide bonds. The molecule has 4 saturated carbocycles. The third-order valence-corrected chi connectivity index (χ3v) is 9.32. The highest BCUT2D eigenvalue weighted by Crippen LogP contribution is 2.66. The van der Waals surface area contributed by atoms with E-state index in [2.05, 4.69) is 20.4 Å². The molecule has 0 radical (unpaired) electrons. The first-order valence-corrected chi connectivity index (χ1v) is 11.3. The van der Waals surface area contributed by atoms with Gasteiger partial charge in [-0.05, 0) is 74.0 Å². The molecule has 2 N–H and O–H groups in total. The summed E-state index contributed by atoms with van der Waals surface area (Å²) < 4.78 is 5.82. The molecular formula is C24H37NO3. The molecule has 156 valence electrons. The van der Waals surface area contributed by atoms with Crippen LogP contribution in [-0.2, 0) is 14.3 Å². The standard InChI is InChI=1S/C24H37NO3/c1-14-11-17-18-5-6-21(26)24(18,4)10-8-19(17)23(3)9-7-16(12-20(14)23)28-22(27)15(2)13-25/h15-20H,1,5-13,25H2,2-4H3/t15?,16-,17-,18-,19-,20?,23+,24-/m0/s1. The SMILES string of the molecule is C=C1C[C@@H]2[C@H](CC[C@]3(C)C(=O)CC[C@@H]23)[C@@]2(C)CC[C@H](OC(=O)C(C)CN)CC12. The lowest BCUT2D eigenvalue weighted by atomic mass is 9.44. The molecule has 0 spiro atoms. The fourth-order valence-electron chi connectivity index (χ4n) is 7.46. The number of nitrogens with two attached hydrogens (primary N) is 1. The van der Waals surface area contributed by atoms with Gasteiger partial charge in [-0.15, -0.1) is 0 Å². The molecule has 0 heterocycles. The van der Waals surface area contributed by atoms with E-state index < -0.39 is 0 Å². The minimum Gasteiger partial charge on any atom is -0.462 e. The summed E-state index contributed by atoms with van der Waals surface area (Å²) in [5, 5.41) is 0. The Kier molecular flexibility index (Phi) is 5.01. The van der Waals surface area contributed by atoms with Gasteiger partial charge >= 0.3 is 5.97 Å². The Balaban J connectivity index is 1.52. The molecular weight excluding hydrogens is 350 g/mol. The van der Waals surface area contributed by atoms with Crippen LogP contribution < -0.4 is 5.73 Å². The molecule has 4 fully saturated rings. The average molecular weight is 388 g/mol. The molecule has 2 unspecified atom stereocenters. The predicted octanol–water partition coefficient (Wildman–Crippen LogP) is 4.27. The predicted molar refractivity (Wildman–Crippen MR) is 109 cm³/mol. The van der Waals surface area contributed by atoms with Crippen LogP contribution in [0.1, 0.15) is 72.1 Å². The molecule has 4 aliphatic rings. The maximum absolute atomic E-state index is 12.6. The molecule has 0 saturated heterocycles. The van der Waals surface area contributed by atoms with E-state index >= 15 is 0 Å². The van der Waals surface area contributed by atoms with Gasteiger partial charge in [0.1, 0.15) is 11.9 Å². The molecule has 28 heavy (non-hydrogen) atoms. The lowest BCUT2D eigenvalue weighted by molar-refractivity contribution is -0.161. The lowest BCUT2D eigenvalue weighted by Crippen LogP contribution is -2.55. The van der Waals surface area contributed by atoms with E-state index in [4.69, 9.17) is 10.5 Å². The minimum atomic E-state index is -0.233. The van der Waals surface area contributed by atoms with Crippen molar-refractivity contribution in [2.75, 3.05) is 6.54 Å². The number of allylic oxidation sites excluding steroid dienone is 1. The number of rotatable bonds is 3. The van der Waals surface area contributed by atoms with E-state index in [1.54, 1.807) is 0 Å². The maximum Gasteiger partial charge on any atom is 0.310 e. The minimum absolute atomic E-state index is 0.00482. The van der Waals surface area contributed by atoms with Crippen LogP contribution in [0.4, 0.5) is 0 Å². The second-order valence-corrected chi connectivity index (χ2v) is 10.7. The Labute approximate surface area is 169 Å². The maximum atomic E-state index is 12.6. The summed E-state index contributed by atoms with van der Waals surface area (Å²) in [6.45, 7) is 11.4. The third-order valence-electron chi connectivity index (χ3n) is 9.32. The fourth-order valence-corrected chi connectivity index (χ4v) is 7.46. The van der Waals surface area contributed by atoms with E-state index in [0.29, 0.717) is 36.0 Å². The largest absolute Gasteiger partial charge is 0.462 e. The number of hydrogen-bond acceptors (Lipinski definition) is 4. The quantitative estimate of drug-likeness (QED) is 0.580. The van der Waals surface area contributed by atoms with Gasteiger partial charge in [0.2, 0.25) is 0 Å². The van der Waals surface area contributed by atoms with Crippen molar-refractivity contribution in [1.29, 1.82) is 0 Å². The smallest absolute Gasteiger partial charge is 0.310 e. The average Bonchev–Trinajstić information content (AvgIpc) is 2.97. The van der Waals surface area contributed by atoms with Crippen LogP contribution in [0.2, 0.25) is 0 Å². The van der Waals surface area contributed by atoms with Crippen molar-refractivity contribution < 1.29 is 14.3 Å². The summed E-state index contributed by atoms with van der Waals surface area (Å²) in [5.41, 5.74) is 7.10. The van der Waals surface area contributed by atoms with E-state index in [1.165, 1.54) is 12.0 Å². The van der Waals surface area contributed by atoms with Crippen LogP contribution in [0, 0.1) is 40.4 Å². The second-order valence-electron chi connectivity index (χ2n) is 10.7. The molecule has 4 aliphatic carbocycles. The summed E-state index contributed by atoms with van der Waals surface area (Å²) in [5.74, 6) is 2.35. The van der Waals surface area contributed by atoms with Crippen molar-refractivity contribution in [3.05, 3.63) is 12.2 Å². The Bertz CT molecular complexity index is 687. The highest BCUT2D eigenvalue weighted by atomic mass is 16.5. The Hall–Kier alpha value is -1.16. The molecule has 0 aliphatic heterocycles. The summed E-state index contributed by atoms with van der Waals surface area (Å²) in [7, 11) is 0. The van der Waals surface area contributed by atoms with Gasteiger partial charge < -0.3 is 10.5 Å². The highest BCUT2D eigenvalue weighted by molar-refractivity contribution is 5.87. The molecule has 0 aromatic heterocycles. The summed E-state index contributed by atoms with van der Waals surface area (Å²) >= 11 is 0. The first kappa shape index (κ1) is 20.1. The summed E-state index contributed by atoms with van der Waals surface area (Å²) in [6, 6.07) is 0. The summed E-state index contributed by atoms with van der Waals surface area (Å²) in [4.78, 5) is 24.8. The van der Waals surface area contributed by atoms with Crippen LogP contribution in [0.15, 0.2) is 12.2 Å². The zero-order chi connectivity index (χ0) is 20.3. The van der Waals surface area contributed by atoms with Crippen molar-refractivity contribution >= 4 is 11.8 Å². The number of Topliss-reactive ketones (excluding diaryl/α,β-unsaturated/α-hetero) is 1. The number of ketones is 1. The Morgan fingerprint density at radius 1 is 1.25 bits per heavy atom. The van der Waals surface area contributed by atoms with E-state index in [-0.39, 0.29) is 28.8 Å². The van der Waals surface area contributed by atoms with Crippen LogP contribution in [0.5, 0.6) is 0 Å². The second kappa shape index (κ2) is 6.97. The van der Waals surface area contributed by atoms with Crippen LogP contribution in [-0.4, -0.2) is 24.4 Å².